The van der Waals surface area contributed by atoms with E-state index in [1.54, 1.807) is 39.2 Å². The predicted octanol–water partition coefficient (Wildman–Crippen LogP) is 2.77. The van der Waals surface area contributed by atoms with Crippen LogP contribution < -0.4 is 21.3 Å². The number of pyridine rings is 1. The molecule has 2 aromatic rings. The molecule has 4 N–H and O–H groups in total. The second-order valence-electron chi connectivity index (χ2n) is 8.20. The molecule has 33 heavy (non-hydrogen) atoms. The van der Waals surface area contributed by atoms with Gasteiger partial charge in [0, 0.05) is 44.8 Å². The first-order chi connectivity index (χ1) is 15.8. The van der Waals surface area contributed by atoms with Gasteiger partial charge in [0.25, 0.3) is 5.91 Å². The minimum Gasteiger partial charge on any atom is -0.444 e. The number of hydrogen-bond acceptors (Lipinski definition) is 8. The third-order valence-corrected chi connectivity index (χ3v) is 4.20. The van der Waals surface area contributed by atoms with E-state index in [2.05, 4.69) is 42.8 Å². The third-order valence-electron chi connectivity index (χ3n) is 4.20. The van der Waals surface area contributed by atoms with Crippen LogP contribution in [0.4, 0.5) is 16.6 Å². The van der Waals surface area contributed by atoms with Crippen LogP contribution in [0.5, 0.6) is 0 Å². The summed E-state index contributed by atoms with van der Waals surface area (Å²) in [6.07, 6.45) is 7.54. The van der Waals surface area contributed by atoms with Crippen molar-refractivity contribution >= 4 is 23.8 Å². The van der Waals surface area contributed by atoms with Crippen LogP contribution in [-0.4, -0.2) is 58.7 Å². The zero-order valence-electron chi connectivity index (χ0n) is 19.5. The van der Waals surface area contributed by atoms with Crippen LogP contribution >= 0.6 is 0 Å². The van der Waals surface area contributed by atoms with Gasteiger partial charge in [-0.2, -0.15) is 4.98 Å². The maximum Gasteiger partial charge on any atom is 0.407 e. The number of nitrogens with one attached hydrogen (secondary N) is 4. The third kappa shape index (κ3) is 9.98. The van der Waals surface area contributed by atoms with Crippen LogP contribution in [0.25, 0.3) is 0 Å². The molecule has 2 heterocycles. The SMILES string of the molecule is C=CCNc1nc(NCCc2ccncc2)ncc1C(=O)NCCCNC(=O)OC(C)(C)C. The van der Waals surface area contributed by atoms with Crippen molar-refractivity contribution in [3.63, 3.8) is 0 Å². The smallest absolute Gasteiger partial charge is 0.407 e. The van der Waals surface area contributed by atoms with E-state index in [9.17, 15) is 9.59 Å². The maximum absolute atomic E-state index is 12.6. The molecule has 0 radical (unpaired) electrons. The Balaban J connectivity index is 1.85. The molecule has 0 saturated carbocycles. The number of ether oxygens (including phenoxy) is 1. The summed E-state index contributed by atoms with van der Waals surface area (Å²) in [4.78, 5) is 37.0. The first kappa shape index (κ1) is 25.6. The number of aromatic nitrogens is 3. The van der Waals surface area contributed by atoms with Crippen LogP contribution in [0.15, 0.2) is 43.4 Å². The van der Waals surface area contributed by atoms with E-state index >= 15 is 0 Å². The summed E-state index contributed by atoms with van der Waals surface area (Å²) in [7, 11) is 0. The molecule has 0 saturated heterocycles. The van der Waals surface area contributed by atoms with Crippen molar-refractivity contribution in [2.24, 2.45) is 0 Å². The predicted molar refractivity (Wildman–Crippen MR) is 128 cm³/mol. The zero-order valence-corrected chi connectivity index (χ0v) is 19.5. The second kappa shape index (κ2) is 13.0. The molecular weight excluding hydrogens is 422 g/mol. The van der Waals surface area contributed by atoms with Crippen molar-refractivity contribution in [3.05, 3.63) is 54.5 Å². The summed E-state index contributed by atoms with van der Waals surface area (Å²) in [5, 5.41) is 11.7. The fourth-order valence-electron chi connectivity index (χ4n) is 2.70. The van der Waals surface area contributed by atoms with E-state index in [-0.39, 0.29) is 5.91 Å². The van der Waals surface area contributed by atoms with Gasteiger partial charge in [-0.15, -0.1) is 6.58 Å². The van der Waals surface area contributed by atoms with Crippen molar-refractivity contribution in [3.8, 4) is 0 Å². The molecular formula is C23H33N7O3. The summed E-state index contributed by atoms with van der Waals surface area (Å²) >= 11 is 0. The summed E-state index contributed by atoms with van der Waals surface area (Å²) in [5.41, 5.74) is 0.934. The van der Waals surface area contributed by atoms with Gasteiger partial charge in [-0.3, -0.25) is 9.78 Å². The minimum absolute atomic E-state index is 0.304. The second-order valence-corrected chi connectivity index (χ2v) is 8.20. The quantitative estimate of drug-likeness (QED) is 0.284. The van der Waals surface area contributed by atoms with Gasteiger partial charge in [0.15, 0.2) is 0 Å². The van der Waals surface area contributed by atoms with E-state index < -0.39 is 11.7 Å². The van der Waals surface area contributed by atoms with Crippen molar-refractivity contribution in [2.75, 3.05) is 36.8 Å². The summed E-state index contributed by atoms with van der Waals surface area (Å²) < 4.78 is 5.17. The number of hydrogen-bond donors (Lipinski definition) is 4. The van der Waals surface area contributed by atoms with Crippen molar-refractivity contribution in [2.45, 2.75) is 39.2 Å². The Morgan fingerprint density at radius 2 is 1.82 bits per heavy atom. The van der Waals surface area contributed by atoms with E-state index in [1.807, 2.05) is 12.1 Å². The Bertz CT molecular complexity index is 914. The molecule has 0 spiro atoms. The highest BCUT2D eigenvalue weighted by Gasteiger charge is 2.16. The topological polar surface area (TPSA) is 130 Å². The largest absolute Gasteiger partial charge is 0.444 e. The molecule has 0 fully saturated rings. The van der Waals surface area contributed by atoms with Crippen LogP contribution in [0.3, 0.4) is 0 Å². The van der Waals surface area contributed by atoms with Crippen LogP contribution in [0, 0.1) is 0 Å². The first-order valence-electron chi connectivity index (χ1n) is 10.9. The molecule has 2 rings (SSSR count). The van der Waals surface area contributed by atoms with Gasteiger partial charge in [-0.25, -0.2) is 9.78 Å². The van der Waals surface area contributed by atoms with Crippen molar-refractivity contribution < 1.29 is 14.3 Å². The Labute approximate surface area is 194 Å². The zero-order chi connectivity index (χ0) is 24.1. The van der Waals surface area contributed by atoms with Gasteiger partial charge in [-0.05, 0) is 51.3 Å². The number of rotatable bonds is 12. The molecule has 0 bridgehead atoms. The van der Waals surface area contributed by atoms with Crippen LogP contribution in [0.2, 0.25) is 0 Å². The molecule has 0 aliphatic heterocycles. The Morgan fingerprint density at radius 3 is 2.52 bits per heavy atom. The van der Waals surface area contributed by atoms with Gasteiger partial charge in [0.1, 0.15) is 17.0 Å². The fraction of sp³-hybridized carbons (Fsp3) is 0.435. The normalized spacial score (nSPS) is 10.8. The molecule has 0 aliphatic rings. The number of anilines is 2. The average molecular weight is 456 g/mol. The summed E-state index contributed by atoms with van der Waals surface area (Å²) in [6.45, 7) is 10.9. The molecule has 10 nitrogen and oxygen atoms in total. The average Bonchev–Trinajstić information content (AvgIpc) is 2.77. The van der Waals surface area contributed by atoms with Crippen molar-refractivity contribution in [1.82, 2.24) is 25.6 Å². The van der Waals surface area contributed by atoms with Gasteiger partial charge < -0.3 is 26.0 Å². The highest BCUT2D eigenvalue weighted by atomic mass is 16.6. The molecule has 0 aliphatic carbocycles. The number of nitrogens with zero attached hydrogens (tertiary/aromatic N) is 3. The number of amides is 2. The lowest BCUT2D eigenvalue weighted by Crippen LogP contribution is -2.34. The molecule has 0 aromatic carbocycles. The standard InChI is InChI=1S/C23H33N7O3/c1-5-10-25-19-18(20(31)26-11-6-12-28-22(32)33-23(2,3)4)16-29-21(30-19)27-15-9-17-7-13-24-14-8-17/h5,7-8,13-14,16H,1,6,9-12,15H2,2-4H3,(H,26,31)(H,28,32)(H2,25,27,29,30). The first-order valence-corrected chi connectivity index (χ1v) is 10.9. The molecule has 10 heteroatoms. The molecule has 0 atom stereocenters. The van der Waals surface area contributed by atoms with E-state index in [0.717, 1.165) is 12.0 Å². The highest BCUT2D eigenvalue weighted by Crippen LogP contribution is 2.14. The lowest BCUT2D eigenvalue weighted by atomic mass is 10.2. The lowest BCUT2D eigenvalue weighted by molar-refractivity contribution is 0.0527. The van der Waals surface area contributed by atoms with Gasteiger partial charge >= 0.3 is 6.09 Å². The molecule has 2 aromatic heterocycles. The minimum atomic E-state index is -0.548. The lowest BCUT2D eigenvalue weighted by Gasteiger charge is -2.19. The number of carbonyl (C=O) groups excluding carboxylic acids is 2. The van der Waals surface area contributed by atoms with Crippen molar-refractivity contribution in [1.29, 1.82) is 0 Å². The Morgan fingerprint density at radius 1 is 1.09 bits per heavy atom. The van der Waals surface area contributed by atoms with E-state index in [4.69, 9.17) is 4.74 Å². The van der Waals surface area contributed by atoms with E-state index in [1.165, 1.54) is 6.20 Å². The number of carbonyl (C=O) groups is 2. The summed E-state index contributed by atoms with van der Waals surface area (Å²) in [6, 6.07) is 3.91. The molecule has 178 valence electrons. The van der Waals surface area contributed by atoms with Crippen LogP contribution in [-0.2, 0) is 11.2 Å². The maximum atomic E-state index is 12.6. The fourth-order valence-corrected chi connectivity index (χ4v) is 2.70. The molecule has 0 unspecified atom stereocenters. The van der Waals surface area contributed by atoms with E-state index in [0.29, 0.717) is 49.9 Å². The van der Waals surface area contributed by atoms with Crippen LogP contribution in [0.1, 0.15) is 43.1 Å². The summed E-state index contributed by atoms with van der Waals surface area (Å²) in [5.74, 6) is 0.539. The van der Waals surface area contributed by atoms with Gasteiger partial charge in [-0.1, -0.05) is 6.08 Å². The Kier molecular flexibility index (Phi) is 10.1. The molecule has 2 amide bonds. The van der Waals surface area contributed by atoms with Gasteiger partial charge in [0.2, 0.25) is 5.95 Å². The van der Waals surface area contributed by atoms with Gasteiger partial charge in [0.05, 0.1) is 0 Å². The number of alkyl carbamates (subject to hydrolysis) is 1. The Hall–Kier alpha value is -3.69. The highest BCUT2D eigenvalue weighted by molar-refractivity contribution is 5.98. The monoisotopic (exact) mass is 455 g/mol.